The summed E-state index contributed by atoms with van der Waals surface area (Å²) < 4.78 is 5.57. The third kappa shape index (κ3) is 5.38. The highest BCUT2D eigenvalue weighted by molar-refractivity contribution is 5.79. The molecule has 6 heteroatoms. The Bertz CT molecular complexity index is 648. The Morgan fingerprint density at radius 1 is 1.25 bits per heavy atom. The van der Waals surface area contributed by atoms with E-state index in [1.54, 1.807) is 13.3 Å². The van der Waals surface area contributed by atoms with Crippen LogP contribution in [0.5, 0.6) is 0 Å². The van der Waals surface area contributed by atoms with Crippen LogP contribution in [0.1, 0.15) is 18.2 Å². The molecule has 0 bridgehead atoms. The van der Waals surface area contributed by atoms with Crippen molar-refractivity contribution in [2.45, 2.75) is 20.4 Å². The molecule has 0 fully saturated rings. The SMILES string of the molecule is CCN(C)CCNC(=NC)NCc1coc(-c2ccc(C)cc2)n1. The second-order valence-electron chi connectivity index (χ2n) is 5.76. The zero-order valence-corrected chi connectivity index (χ0v) is 15.0. The van der Waals surface area contributed by atoms with Gasteiger partial charge in [-0.25, -0.2) is 4.98 Å². The highest BCUT2D eigenvalue weighted by Crippen LogP contribution is 2.18. The van der Waals surface area contributed by atoms with Crippen molar-refractivity contribution in [2.24, 2.45) is 4.99 Å². The Balaban J connectivity index is 1.84. The lowest BCUT2D eigenvalue weighted by molar-refractivity contribution is 0.357. The summed E-state index contributed by atoms with van der Waals surface area (Å²) >= 11 is 0. The van der Waals surface area contributed by atoms with E-state index in [1.165, 1.54) is 5.56 Å². The van der Waals surface area contributed by atoms with Crippen molar-refractivity contribution in [2.75, 3.05) is 33.7 Å². The Labute approximate surface area is 144 Å². The van der Waals surface area contributed by atoms with E-state index < -0.39 is 0 Å². The number of oxazole rings is 1. The molecular formula is C18H27N5O. The average molecular weight is 329 g/mol. The molecule has 6 nitrogen and oxygen atoms in total. The number of hydrogen-bond acceptors (Lipinski definition) is 4. The van der Waals surface area contributed by atoms with Gasteiger partial charge < -0.3 is 20.0 Å². The van der Waals surface area contributed by atoms with Crippen molar-refractivity contribution < 1.29 is 4.42 Å². The van der Waals surface area contributed by atoms with Crippen LogP contribution in [-0.4, -0.2) is 49.6 Å². The summed E-state index contributed by atoms with van der Waals surface area (Å²) in [5.41, 5.74) is 3.05. The predicted octanol–water partition coefficient (Wildman–Crippen LogP) is 2.27. The number of guanidine groups is 1. The van der Waals surface area contributed by atoms with Gasteiger partial charge in [0.2, 0.25) is 5.89 Å². The van der Waals surface area contributed by atoms with Gasteiger partial charge in [-0.1, -0.05) is 24.6 Å². The molecule has 0 aliphatic rings. The minimum atomic E-state index is 0.568. The first kappa shape index (κ1) is 18.0. The van der Waals surface area contributed by atoms with Gasteiger partial charge in [0.05, 0.1) is 12.2 Å². The van der Waals surface area contributed by atoms with E-state index in [1.807, 2.05) is 12.1 Å². The molecule has 0 atom stereocenters. The molecule has 1 aromatic carbocycles. The number of benzene rings is 1. The molecule has 0 radical (unpaired) electrons. The lowest BCUT2D eigenvalue weighted by atomic mass is 10.1. The van der Waals surface area contributed by atoms with Crippen LogP contribution in [0.25, 0.3) is 11.5 Å². The minimum Gasteiger partial charge on any atom is -0.444 e. The van der Waals surface area contributed by atoms with Gasteiger partial charge >= 0.3 is 0 Å². The van der Waals surface area contributed by atoms with E-state index in [0.717, 1.165) is 36.9 Å². The Kier molecular flexibility index (Phi) is 6.81. The molecule has 0 aliphatic heterocycles. The molecule has 0 amide bonds. The highest BCUT2D eigenvalue weighted by atomic mass is 16.3. The fourth-order valence-corrected chi connectivity index (χ4v) is 2.14. The van der Waals surface area contributed by atoms with Gasteiger partial charge in [0.25, 0.3) is 0 Å². The second kappa shape index (κ2) is 9.08. The van der Waals surface area contributed by atoms with Crippen LogP contribution in [0, 0.1) is 6.92 Å². The summed E-state index contributed by atoms with van der Waals surface area (Å²) in [6.07, 6.45) is 1.68. The first-order valence-corrected chi connectivity index (χ1v) is 8.27. The number of nitrogens with one attached hydrogen (secondary N) is 2. The van der Waals surface area contributed by atoms with E-state index >= 15 is 0 Å². The maximum atomic E-state index is 5.57. The molecule has 130 valence electrons. The highest BCUT2D eigenvalue weighted by Gasteiger charge is 2.07. The van der Waals surface area contributed by atoms with Gasteiger partial charge in [0.15, 0.2) is 5.96 Å². The van der Waals surface area contributed by atoms with Gasteiger partial charge in [0, 0.05) is 25.7 Å². The zero-order valence-electron chi connectivity index (χ0n) is 15.0. The van der Waals surface area contributed by atoms with Gasteiger partial charge in [-0.05, 0) is 32.6 Å². The molecule has 2 aromatic rings. The molecule has 0 unspecified atom stereocenters. The van der Waals surface area contributed by atoms with Crippen molar-refractivity contribution >= 4 is 5.96 Å². The van der Waals surface area contributed by atoms with Crippen LogP contribution in [0.2, 0.25) is 0 Å². The molecule has 1 aromatic heterocycles. The summed E-state index contributed by atoms with van der Waals surface area (Å²) in [5, 5.41) is 6.54. The topological polar surface area (TPSA) is 65.7 Å². The number of aliphatic imine (C=N–C) groups is 1. The van der Waals surface area contributed by atoms with Gasteiger partial charge in [-0.3, -0.25) is 4.99 Å². The van der Waals surface area contributed by atoms with Gasteiger partial charge in [-0.2, -0.15) is 0 Å². The minimum absolute atomic E-state index is 0.568. The van der Waals surface area contributed by atoms with Crippen molar-refractivity contribution in [3.8, 4) is 11.5 Å². The predicted molar refractivity (Wildman–Crippen MR) is 98.0 cm³/mol. The summed E-state index contributed by atoms with van der Waals surface area (Å²) in [7, 11) is 3.86. The Hall–Kier alpha value is -2.34. The fourth-order valence-electron chi connectivity index (χ4n) is 2.14. The molecular weight excluding hydrogens is 302 g/mol. The van der Waals surface area contributed by atoms with E-state index in [-0.39, 0.29) is 0 Å². The van der Waals surface area contributed by atoms with Gasteiger partial charge in [-0.15, -0.1) is 0 Å². The van der Waals surface area contributed by atoms with Crippen molar-refractivity contribution in [1.29, 1.82) is 0 Å². The number of aryl methyl sites for hydroxylation is 1. The number of likely N-dealkylation sites (N-methyl/N-ethyl adjacent to an activating group) is 1. The van der Waals surface area contributed by atoms with E-state index in [9.17, 15) is 0 Å². The monoisotopic (exact) mass is 329 g/mol. The lowest BCUT2D eigenvalue weighted by Gasteiger charge is -2.16. The molecule has 2 rings (SSSR count). The molecule has 1 heterocycles. The number of aromatic nitrogens is 1. The standard InChI is InChI=1S/C18H27N5O/c1-5-23(4)11-10-20-18(19-3)21-12-16-13-24-17(22-16)15-8-6-14(2)7-9-15/h6-9,13H,5,10-12H2,1-4H3,(H2,19,20,21). The first-order chi connectivity index (χ1) is 11.6. The second-order valence-corrected chi connectivity index (χ2v) is 5.76. The molecule has 0 saturated carbocycles. The summed E-state index contributed by atoms with van der Waals surface area (Å²) in [5.74, 6) is 1.40. The molecule has 0 aliphatic carbocycles. The first-order valence-electron chi connectivity index (χ1n) is 8.27. The van der Waals surface area contributed by atoms with Crippen LogP contribution >= 0.6 is 0 Å². The maximum Gasteiger partial charge on any atom is 0.226 e. The Morgan fingerprint density at radius 2 is 2.00 bits per heavy atom. The number of hydrogen-bond donors (Lipinski definition) is 2. The average Bonchev–Trinajstić information content (AvgIpc) is 3.07. The van der Waals surface area contributed by atoms with Crippen LogP contribution in [0.4, 0.5) is 0 Å². The number of rotatable bonds is 7. The zero-order chi connectivity index (χ0) is 17.4. The smallest absolute Gasteiger partial charge is 0.226 e. The van der Waals surface area contributed by atoms with Crippen molar-refractivity contribution in [3.05, 3.63) is 41.8 Å². The third-order valence-electron chi connectivity index (χ3n) is 3.84. The molecule has 24 heavy (non-hydrogen) atoms. The van der Waals surface area contributed by atoms with Crippen molar-refractivity contribution in [3.63, 3.8) is 0 Å². The molecule has 0 spiro atoms. The van der Waals surface area contributed by atoms with Crippen LogP contribution in [0.15, 0.2) is 39.9 Å². The van der Waals surface area contributed by atoms with Crippen LogP contribution in [0.3, 0.4) is 0 Å². The largest absolute Gasteiger partial charge is 0.444 e. The van der Waals surface area contributed by atoms with Gasteiger partial charge in [0.1, 0.15) is 6.26 Å². The van der Waals surface area contributed by atoms with E-state index in [0.29, 0.717) is 12.4 Å². The summed E-state index contributed by atoms with van der Waals surface area (Å²) in [6.45, 7) is 7.62. The van der Waals surface area contributed by atoms with Crippen molar-refractivity contribution in [1.82, 2.24) is 20.5 Å². The normalized spacial score (nSPS) is 11.8. The quantitative estimate of drug-likeness (QED) is 0.602. The van der Waals surface area contributed by atoms with Crippen LogP contribution in [-0.2, 0) is 6.54 Å². The molecule has 2 N–H and O–H groups in total. The fraction of sp³-hybridized carbons (Fsp3) is 0.444. The molecule has 0 saturated heterocycles. The number of nitrogens with zero attached hydrogens (tertiary/aromatic N) is 3. The van der Waals surface area contributed by atoms with E-state index in [2.05, 4.69) is 58.5 Å². The third-order valence-corrected chi connectivity index (χ3v) is 3.84. The summed E-state index contributed by atoms with van der Waals surface area (Å²) in [6, 6.07) is 8.14. The van der Waals surface area contributed by atoms with E-state index in [4.69, 9.17) is 4.42 Å². The Morgan fingerprint density at radius 3 is 2.67 bits per heavy atom. The lowest BCUT2D eigenvalue weighted by Crippen LogP contribution is -2.40. The van der Waals surface area contributed by atoms with Crippen LogP contribution < -0.4 is 10.6 Å². The summed E-state index contributed by atoms with van der Waals surface area (Å²) in [4.78, 5) is 11.0. The maximum absolute atomic E-state index is 5.57.